The first-order valence-corrected chi connectivity index (χ1v) is 11.6. The van der Waals surface area contributed by atoms with Crippen molar-refractivity contribution >= 4 is 32.4 Å². The van der Waals surface area contributed by atoms with E-state index in [2.05, 4.69) is 5.32 Å². The van der Waals surface area contributed by atoms with Gasteiger partial charge in [-0.05, 0) is 41.3 Å². The molecular formula is C26H21B2F2N3O4. The number of nitrogens with zero attached hydrogens (tertiary/aromatic N) is 2. The van der Waals surface area contributed by atoms with Gasteiger partial charge < -0.3 is 24.3 Å². The van der Waals surface area contributed by atoms with Crippen molar-refractivity contribution in [2.24, 2.45) is 0 Å². The van der Waals surface area contributed by atoms with E-state index in [1.54, 1.807) is 0 Å². The minimum atomic E-state index is -3.12. The molecule has 0 saturated heterocycles. The van der Waals surface area contributed by atoms with Gasteiger partial charge >= 0.3 is 6.61 Å². The van der Waals surface area contributed by atoms with Crippen LogP contribution in [-0.4, -0.2) is 53.9 Å². The number of aromatic nitrogens is 2. The summed E-state index contributed by atoms with van der Waals surface area (Å²) >= 11 is 0. The molecule has 11 heteroatoms. The molecule has 5 rings (SSSR count). The first-order chi connectivity index (χ1) is 17.8. The summed E-state index contributed by atoms with van der Waals surface area (Å²) in [6, 6.07) is 16.1. The number of benzene rings is 3. The molecule has 3 N–H and O–H groups in total. The number of halogens is 2. The van der Waals surface area contributed by atoms with Crippen molar-refractivity contribution in [2.45, 2.75) is 37.9 Å². The Bertz CT molecular complexity index is 1460. The summed E-state index contributed by atoms with van der Waals surface area (Å²) in [6.07, 6.45) is -1.12. The van der Waals surface area contributed by atoms with E-state index < -0.39 is 30.5 Å². The fraction of sp³-hybridized carbons (Fsp3) is 0.231. The molecule has 184 valence electrons. The zero-order valence-corrected chi connectivity index (χ0v) is 19.5. The second-order valence-corrected chi connectivity index (χ2v) is 8.77. The molecule has 0 aliphatic carbocycles. The number of fused-ring (bicyclic) bond motifs is 3. The van der Waals surface area contributed by atoms with Gasteiger partial charge in [-0.2, -0.15) is 8.78 Å². The Hall–Kier alpha value is -3.53. The molecule has 0 amide bonds. The summed E-state index contributed by atoms with van der Waals surface area (Å²) < 4.78 is 33.3. The van der Waals surface area contributed by atoms with Gasteiger partial charge in [0.1, 0.15) is 25.1 Å². The minimum Gasteiger partial charge on any atom is -0.434 e. The average Bonchev–Trinajstić information content (AvgIpc) is 3.40. The van der Waals surface area contributed by atoms with Crippen molar-refractivity contribution in [3.63, 3.8) is 0 Å². The fourth-order valence-corrected chi connectivity index (χ4v) is 5.00. The lowest BCUT2D eigenvalue weighted by molar-refractivity contribution is -0.0507. The van der Waals surface area contributed by atoms with Gasteiger partial charge in [0.25, 0.3) is 0 Å². The highest BCUT2D eigenvalue weighted by molar-refractivity contribution is 6.62. The average molecular weight is 499 g/mol. The zero-order valence-electron chi connectivity index (χ0n) is 19.5. The molecule has 3 aromatic carbocycles. The van der Waals surface area contributed by atoms with E-state index in [4.69, 9.17) is 25.4 Å². The van der Waals surface area contributed by atoms with Crippen molar-refractivity contribution < 1.29 is 28.5 Å². The molecular weight excluding hydrogens is 478 g/mol. The number of aliphatic hydroxyl groups is 2. The Morgan fingerprint density at radius 1 is 1.16 bits per heavy atom. The van der Waals surface area contributed by atoms with Crippen LogP contribution < -0.4 is 10.1 Å². The van der Waals surface area contributed by atoms with Crippen molar-refractivity contribution in [3.05, 3.63) is 83.2 Å². The number of imidazole rings is 1. The van der Waals surface area contributed by atoms with Crippen LogP contribution in [0.1, 0.15) is 45.8 Å². The highest BCUT2D eigenvalue weighted by Gasteiger charge is 2.38. The van der Waals surface area contributed by atoms with Crippen LogP contribution in [0.4, 0.5) is 8.78 Å². The first-order valence-electron chi connectivity index (χ1n) is 11.6. The summed E-state index contributed by atoms with van der Waals surface area (Å²) in [5, 5.41) is 22.0. The highest BCUT2D eigenvalue weighted by Crippen LogP contribution is 2.46. The molecule has 1 aromatic heterocycles. The van der Waals surface area contributed by atoms with Gasteiger partial charge in [0, 0.05) is 11.1 Å². The Morgan fingerprint density at radius 3 is 2.54 bits per heavy atom. The SMILES string of the molecule is [B]C(=O)c1cccc(OC(F)F)c1C1CC(NC([B])O)c2nc3ccc(-c4ccc(CO)cc4)cc3n21. The van der Waals surface area contributed by atoms with Crippen LogP contribution in [0.3, 0.4) is 0 Å². The van der Waals surface area contributed by atoms with Crippen LogP contribution in [0.5, 0.6) is 5.75 Å². The third kappa shape index (κ3) is 4.77. The lowest BCUT2D eigenvalue weighted by atomic mass is 9.86. The Morgan fingerprint density at radius 2 is 1.89 bits per heavy atom. The lowest BCUT2D eigenvalue weighted by Crippen LogP contribution is -2.32. The maximum atomic E-state index is 13.3. The lowest BCUT2D eigenvalue weighted by Gasteiger charge is -2.22. The van der Waals surface area contributed by atoms with E-state index >= 15 is 0 Å². The zero-order chi connectivity index (χ0) is 26.3. The van der Waals surface area contributed by atoms with Crippen LogP contribution in [-0.2, 0) is 6.61 Å². The number of rotatable bonds is 8. The third-order valence-corrected chi connectivity index (χ3v) is 6.52. The largest absolute Gasteiger partial charge is 0.434 e. The number of nitrogens with one attached hydrogen (secondary N) is 1. The molecule has 4 aromatic rings. The topological polar surface area (TPSA) is 96.6 Å². The maximum Gasteiger partial charge on any atom is 0.387 e. The van der Waals surface area contributed by atoms with Crippen LogP contribution in [0.2, 0.25) is 0 Å². The summed E-state index contributed by atoms with van der Waals surface area (Å²) in [5.41, 5.74) is 3.30. The van der Waals surface area contributed by atoms with Gasteiger partial charge in [0.05, 0.1) is 35.9 Å². The summed E-state index contributed by atoms with van der Waals surface area (Å²) in [7, 11) is 11.2. The number of hydrogen-bond donors (Lipinski definition) is 3. The standard InChI is InChI=1S/C26H21B2F2N3O4/c27-23(35)16-2-1-3-21(37-26(29)30)22(16)20-11-18(32-25(28)36)24-31-17-9-8-15(10-19(17)33(20)24)14-6-4-13(12-34)5-7-14/h1-10,18,20,25-26,32,34,36H,11-12H2. The van der Waals surface area contributed by atoms with Gasteiger partial charge in [-0.3, -0.25) is 5.32 Å². The van der Waals surface area contributed by atoms with E-state index in [0.29, 0.717) is 16.9 Å². The molecule has 1 aliphatic rings. The third-order valence-electron chi connectivity index (χ3n) is 6.52. The van der Waals surface area contributed by atoms with Crippen molar-refractivity contribution in [3.8, 4) is 16.9 Å². The molecule has 37 heavy (non-hydrogen) atoms. The Labute approximate surface area is 213 Å². The van der Waals surface area contributed by atoms with Gasteiger partial charge in [-0.25, -0.2) is 4.98 Å². The molecule has 3 atom stereocenters. The Kier molecular flexibility index (Phi) is 6.85. The summed E-state index contributed by atoms with van der Waals surface area (Å²) in [6.45, 7) is -3.18. The van der Waals surface area contributed by atoms with Crippen LogP contribution in [0.15, 0.2) is 60.7 Å². The minimum absolute atomic E-state index is 0.0423. The van der Waals surface area contributed by atoms with Crippen LogP contribution in [0, 0.1) is 0 Å². The van der Waals surface area contributed by atoms with Crippen molar-refractivity contribution in [2.75, 3.05) is 0 Å². The molecule has 0 saturated carbocycles. The normalized spacial score (nSPS) is 17.8. The molecule has 0 bridgehead atoms. The second-order valence-electron chi connectivity index (χ2n) is 8.77. The summed E-state index contributed by atoms with van der Waals surface area (Å²) in [5.74, 6) is 0.341. The van der Waals surface area contributed by atoms with E-state index in [1.165, 1.54) is 18.2 Å². The number of hydrogen-bond acceptors (Lipinski definition) is 6. The van der Waals surface area contributed by atoms with Gasteiger partial charge in [-0.15, -0.1) is 0 Å². The van der Waals surface area contributed by atoms with E-state index in [1.807, 2.05) is 47.0 Å². The maximum absolute atomic E-state index is 13.3. The highest BCUT2D eigenvalue weighted by atomic mass is 19.3. The smallest absolute Gasteiger partial charge is 0.387 e. The summed E-state index contributed by atoms with van der Waals surface area (Å²) in [4.78, 5) is 17.1. The number of carbonyl (C=O) groups excluding carboxylic acids is 1. The molecule has 2 heterocycles. The number of ether oxygens (including phenoxy) is 1. The second kappa shape index (κ2) is 10.1. The predicted octanol–water partition coefficient (Wildman–Crippen LogP) is 3.17. The number of aliphatic hydroxyl groups excluding tert-OH is 2. The number of carbonyl (C=O) groups is 1. The molecule has 0 fully saturated rings. The van der Waals surface area contributed by atoms with Crippen LogP contribution in [0.25, 0.3) is 22.2 Å². The quantitative estimate of drug-likeness (QED) is 0.255. The van der Waals surface area contributed by atoms with Crippen molar-refractivity contribution in [1.82, 2.24) is 14.9 Å². The molecule has 7 nitrogen and oxygen atoms in total. The monoisotopic (exact) mass is 499 g/mol. The predicted molar refractivity (Wildman–Crippen MR) is 135 cm³/mol. The molecule has 3 unspecified atom stereocenters. The molecule has 1 aliphatic heterocycles. The number of alkyl halides is 2. The van der Waals surface area contributed by atoms with Crippen LogP contribution >= 0.6 is 0 Å². The van der Waals surface area contributed by atoms with Gasteiger partial charge in [0.2, 0.25) is 0 Å². The van der Waals surface area contributed by atoms with Gasteiger partial charge in [0.15, 0.2) is 7.85 Å². The van der Waals surface area contributed by atoms with Crippen molar-refractivity contribution in [1.29, 1.82) is 0 Å². The molecule has 0 spiro atoms. The first kappa shape index (κ1) is 25.1. The van der Waals surface area contributed by atoms with E-state index in [-0.39, 0.29) is 29.9 Å². The van der Waals surface area contributed by atoms with E-state index in [0.717, 1.165) is 16.7 Å². The van der Waals surface area contributed by atoms with E-state index in [9.17, 15) is 23.8 Å². The Balaban J connectivity index is 1.71. The molecule has 4 radical (unpaired) electrons. The fourth-order valence-electron chi connectivity index (χ4n) is 5.00. The van der Waals surface area contributed by atoms with Gasteiger partial charge in [-0.1, -0.05) is 42.5 Å².